The van der Waals surface area contributed by atoms with Crippen molar-refractivity contribution in [3.05, 3.63) is 0 Å². The first-order chi connectivity index (χ1) is 14.3. The van der Waals surface area contributed by atoms with Gasteiger partial charge in [0.15, 0.2) is 0 Å². The molecule has 0 unspecified atom stereocenters. The maximum absolute atomic E-state index is 12.8. The van der Waals surface area contributed by atoms with Crippen LogP contribution in [0.3, 0.4) is 0 Å². The van der Waals surface area contributed by atoms with Crippen LogP contribution in [0.4, 0.5) is 4.79 Å². The highest BCUT2D eigenvalue weighted by Crippen LogP contribution is 2.28. The number of hydrogen-bond acceptors (Lipinski definition) is 5. The molecule has 172 valence electrons. The zero-order valence-corrected chi connectivity index (χ0v) is 18.6. The van der Waals surface area contributed by atoms with Gasteiger partial charge in [-0.05, 0) is 56.8 Å². The Morgan fingerprint density at radius 3 is 2.40 bits per heavy atom. The molecule has 0 radical (unpaired) electrons. The fourth-order valence-electron chi connectivity index (χ4n) is 4.38. The molecule has 4 N–H and O–H groups in total. The Morgan fingerprint density at radius 2 is 1.87 bits per heavy atom. The Hall–Kier alpha value is -1.83. The molecule has 0 aromatic rings. The van der Waals surface area contributed by atoms with E-state index in [4.69, 9.17) is 4.74 Å². The van der Waals surface area contributed by atoms with Crippen molar-refractivity contribution in [2.24, 2.45) is 17.8 Å². The zero-order chi connectivity index (χ0) is 22.1. The molecule has 8 nitrogen and oxygen atoms in total. The maximum Gasteiger partial charge on any atom is 0.408 e. The molecule has 3 atom stereocenters. The van der Waals surface area contributed by atoms with E-state index in [1.54, 1.807) is 0 Å². The molecule has 0 spiro atoms. The summed E-state index contributed by atoms with van der Waals surface area (Å²) in [4.78, 5) is 37.0. The van der Waals surface area contributed by atoms with Crippen LogP contribution in [-0.4, -0.2) is 54.4 Å². The summed E-state index contributed by atoms with van der Waals surface area (Å²) in [6.07, 6.45) is 5.91. The van der Waals surface area contributed by atoms with Crippen LogP contribution >= 0.6 is 0 Å². The molecule has 1 heterocycles. The molecular weight excluding hydrogens is 386 g/mol. The number of ether oxygens (including phenoxy) is 1. The standard InChI is InChI=1S/C22H39N3O5/c1-4-15-5-7-18(8-6-15)30-22(29)25-19(11-14(2)3)21(28)24-17(13-26)12-16-9-10-23-20(16)27/h14-19,26H,4-13H2,1-3H3,(H,23,27)(H,24,28)(H,25,29)/t15?,16-,17-,18?,19-/m0/s1. The Kier molecular flexibility index (Phi) is 9.88. The van der Waals surface area contributed by atoms with Crippen molar-refractivity contribution in [2.45, 2.75) is 90.3 Å². The lowest BCUT2D eigenvalue weighted by Crippen LogP contribution is -2.52. The number of carbonyl (C=O) groups is 3. The van der Waals surface area contributed by atoms with E-state index in [9.17, 15) is 19.5 Å². The minimum Gasteiger partial charge on any atom is -0.446 e. The number of aliphatic hydroxyl groups excluding tert-OH is 1. The number of amides is 3. The fraction of sp³-hybridized carbons (Fsp3) is 0.864. The third-order valence-electron chi connectivity index (χ3n) is 6.26. The summed E-state index contributed by atoms with van der Waals surface area (Å²) in [6.45, 7) is 6.51. The SMILES string of the molecule is CCC1CCC(OC(=O)N[C@@H](CC(C)C)C(=O)N[C@H](CO)C[C@@H]2CCNC2=O)CC1. The van der Waals surface area contributed by atoms with Crippen LogP contribution in [-0.2, 0) is 14.3 Å². The van der Waals surface area contributed by atoms with E-state index in [1.165, 1.54) is 0 Å². The Labute approximate surface area is 179 Å². The molecule has 2 aliphatic rings. The number of carbonyl (C=O) groups excluding carboxylic acids is 3. The predicted molar refractivity (Wildman–Crippen MR) is 114 cm³/mol. The van der Waals surface area contributed by atoms with Gasteiger partial charge in [-0.15, -0.1) is 0 Å². The molecule has 2 rings (SSSR count). The highest BCUT2D eigenvalue weighted by atomic mass is 16.6. The van der Waals surface area contributed by atoms with E-state index in [1.807, 2.05) is 13.8 Å². The fourth-order valence-corrected chi connectivity index (χ4v) is 4.38. The minimum atomic E-state index is -0.740. The molecule has 1 aliphatic heterocycles. The van der Waals surface area contributed by atoms with E-state index in [2.05, 4.69) is 22.9 Å². The molecule has 3 amide bonds. The van der Waals surface area contributed by atoms with Crippen LogP contribution in [0.5, 0.6) is 0 Å². The second-order valence-electron chi connectivity index (χ2n) is 9.18. The topological polar surface area (TPSA) is 117 Å². The summed E-state index contributed by atoms with van der Waals surface area (Å²) < 4.78 is 5.57. The Bertz CT molecular complexity index is 575. The summed E-state index contributed by atoms with van der Waals surface area (Å²) in [5.74, 6) is 0.301. The lowest BCUT2D eigenvalue weighted by molar-refractivity contribution is -0.126. The highest BCUT2D eigenvalue weighted by Gasteiger charge is 2.30. The van der Waals surface area contributed by atoms with E-state index >= 15 is 0 Å². The molecule has 2 fully saturated rings. The van der Waals surface area contributed by atoms with Crippen LogP contribution in [0.2, 0.25) is 0 Å². The van der Waals surface area contributed by atoms with Crippen LogP contribution in [0.15, 0.2) is 0 Å². The lowest BCUT2D eigenvalue weighted by atomic mass is 9.86. The first-order valence-corrected chi connectivity index (χ1v) is 11.5. The summed E-state index contributed by atoms with van der Waals surface area (Å²) in [7, 11) is 0. The molecular formula is C22H39N3O5. The van der Waals surface area contributed by atoms with Crippen LogP contribution in [0.25, 0.3) is 0 Å². The molecule has 8 heteroatoms. The predicted octanol–water partition coefficient (Wildman–Crippen LogP) is 2.10. The average molecular weight is 426 g/mol. The van der Waals surface area contributed by atoms with Gasteiger partial charge in [0.25, 0.3) is 0 Å². The molecule has 1 saturated carbocycles. The minimum absolute atomic E-state index is 0.0408. The largest absolute Gasteiger partial charge is 0.446 e. The molecule has 1 aliphatic carbocycles. The van der Waals surface area contributed by atoms with Crippen molar-refractivity contribution in [3.8, 4) is 0 Å². The van der Waals surface area contributed by atoms with Gasteiger partial charge in [0, 0.05) is 12.5 Å². The van der Waals surface area contributed by atoms with Gasteiger partial charge >= 0.3 is 6.09 Å². The van der Waals surface area contributed by atoms with Crippen molar-refractivity contribution in [2.75, 3.05) is 13.2 Å². The summed E-state index contributed by atoms with van der Waals surface area (Å²) in [6, 6.07) is -1.26. The number of hydrogen-bond donors (Lipinski definition) is 4. The number of alkyl carbamates (subject to hydrolysis) is 1. The van der Waals surface area contributed by atoms with Crippen molar-refractivity contribution >= 4 is 17.9 Å². The van der Waals surface area contributed by atoms with Gasteiger partial charge in [-0.25, -0.2) is 4.79 Å². The van der Waals surface area contributed by atoms with Crippen LogP contribution < -0.4 is 16.0 Å². The van der Waals surface area contributed by atoms with Crippen molar-refractivity contribution in [3.63, 3.8) is 0 Å². The third kappa shape index (κ3) is 7.78. The normalized spacial score (nSPS) is 26.0. The first kappa shape index (κ1) is 24.4. The molecule has 0 bridgehead atoms. The average Bonchev–Trinajstić information content (AvgIpc) is 3.11. The Morgan fingerprint density at radius 1 is 1.17 bits per heavy atom. The summed E-state index contributed by atoms with van der Waals surface area (Å²) >= 11 is 0. The van der Waals surface area contributed by atoms with Gasteiger partial charge in [0.05, 0.1) is 12.6 Å². The van der Waals surface area contributed by atoms with Gasteiger partial charge in [-0.2, -0.15) is 0 Å². The van der Waals surface area contributed by atoms with E-state index in [0.717, 1.165) is 32.1 Å². The van der Waals surface area contributed by atoms with Crippen LogP contribution in [0.1, 0.15) is 72.1 Å². The first-order valence-electron chi connectivity index (χ1n) is 11.5. The van der Waals surface area contributed by atoms with Gasteiger partial charge in [0.2, 0.25) is 11.8 Å². The Balaban J connectivity index is 1.87. The van der Waals surface area contributed by atoms with Crippen LogP contribution in [0, 0.1) is 17.8 Å². The molecule has 0 aromatic carbocycles. The zero-order valence-electron chi connectivity index (χ0n) is 18.6. The molecule has 1 saturated heterocycles. The number of aliphatic hydroxyl groups is 1. The molecule has 30 heavy (non-hydrogen) atoms. The quantitative estimate of drug-likeness (QED) is 0.428. The van der Waals surface area contributed by atoms with E-state index < -0.39 is 18.2 Å². The van der Waals surface area contributed by atoms with Crippen molar-refractivity contribution in [1.29, 1.82) is 0 Å². The van der Waals surface area contributed by atoms with Gasteiger partial charge in [-0.1, -0.05) is 27.2 Å². The maximum atomic E-state index is 12.8. The smallest absolute Gasteiger partial charge is 0.408 e. The summed E-state index contributed by atoms with van der Waals surface area (Å²) in [5.41, 5.74) is 0. The summed E-state index contributed by atoms with van der Waals surface area (Å²) in [5, 5.41) is 18.0. The molecule has 0 aromatic heterocycles. The third-order valence-corrected chi connectivity index (χ3v) is 6.26. The van der Waals surface area contributed by atoms with Gasteiger partial charge in [-0.3, -0.25) is 9.59 Å². The van der Waals surface area contributed by atoms with Crippen molar-refractivity contribution in [1.82, 2.24) is 16.0 Å². The lowest BCUT2D eigenvalue weighted by Gasteiger charge is -2.29. The highest BCUT2D eigenvalue weighted by molar-refractivity contribution is 5.86. The number of nitrogens with one attached hydrogen (secondary N) is 3. The number of rotatable bonds is 10. The monoisotopic (exact) mass is 425 g/mol. The second-order valence-corrected chi connectivity index (χ2v) is 9.18. The second kappa shape index (κ2) is 12.1. The van der Waals surface area contributed by atoms with E-state index in [-0.39, 0.29) is 36.4 Å². The van der Waals surface area contributed by atoms with Gasteiger partial charge < -0.3 is 25.8 Å². The van der Waals surface area contributed by atoms with Crippen molar-refractivity contribution < 1.29 is 24.2 Å². The van der Waals surface area contributed by atoms with Gasteiger partial charge in [0.1, 0.15) is 12.1 Å². The van der Waals surface area contributed by atoms with E-state index in [0.29, 0.717) is 31.7 Å².